The number of hydrogen-bond acceptors (Lipinski definition) is 3. The molecule has 0 amide bonds. The van der Waals surface area contributed by atoms with Gasteiger partial charge < -0.3 is 0 Å². The van der Waals surface area contributed by atoms with Gasteiger partial charge in [0.1, 0.15) is 11.4 Å². The van der Waals surface area contributed by atoms with E-state index in [0.29, 0.717) is 4.47 Å². The average Bonchev–Trinajstić information content (AvgIpc) is 2.43. The second-order valence-electron chi connectivity index (χ2n) is 5.68. The van der Waals surface area contributed by atoms with Crippen LogP contribution in [0.15, 0.2) is 22.7 Å². The minimum Gasteiger partial charge on any atom is -0.297 e. The molecule has 0 saturated carbocycles. The Labute approximate surface area is 128 Å². The van der Waals surface area contributed by atoms with Crippen molar-refractivity contribution in [3.63, 3.8) is 0 Å². The Hall–Kier alpha value is -0.960. The molecule has 1 aliphatic rings. The number of benzene rings is 1. The first kappa shape index (κ1) is 15.4. The predicted molar refractivity (Wildman–Crippen MR) is 80.6 cm³/mol. The monoisotopic (exact) mass is 339 g/mol. The fraction of sp³-hybridized carbons (Fsp3) is 0.533. The second kappa shape index (κ2) is 6.21. The molecule has 1 fully saturated rings. The largest absolute Gasteiger partial charge is 0.297 e. The Kier molecular flexibility index (Phi) is 4.79. The smallest absolute Gasteiger partial charge is 0.137 e. The van der Waals surface area contributed by atoms with E-state index < -0.39 is 5.54 Å². The highest BCUT2D eigenvalue weighted by Gasteiger charge is 2.29. The van der Waals surface area contributed by atoms with Crippen LogP contribution >= 0.6 is 15.9 Å². The van der Waals surface area contributed by atoms with Gasteiger partial charge in [-0.25, -0.2) is 4.39 Å². The van der Waals surface area contributed by atoms with Gasteiger partial charge in [-0.15, -0.1) is 0 Å². The van der Waals surface area contributed by atoms with Crippen LogP contribution in [0.3, 0.4) is 0 Å². The van der Waals surface area contributed by atoms with Crippen molar-refractivity contribution in [1.29, 1.82) is 5.26 Å². The molecule has 2 rings (SSSR count). The third kappa shape index (κ3) is 3.57. The maximum atomic E-state index is 13.2. The van der Waals surface area contributed by atoms with Gasteiger partial charge in [-0.05, 0) is 47.5 Å². The third-order valence-corrected chi connectivity index (χ3v) is 4.43. The van der Waals surface area contributed by atoms with Crippen molar-refractivity contribution in [3.05, 3.63) is 34.1 Å². The van der Waals surface area contributed by atoms with Gasteiger partial charge in [-0.2, -0.15) is 5.26 Å². The minimum absolute atomic E-state index is 0.227. The highest BCUT2D eigenvalue weighted by Crippen LogP contribution is 2.20. The van der Waals surface area contributed by atoms with E-state index >= 15 is 0 Å². The molecular weight excluding hydrogens is 321 g/mol. The quantitative estimate of drug-likeness (QED) is 0.847. The zero-order chi connectivity index (χ0) is 14.8. The van der Waals surface area contributed by atoms with Gasteiger partial charge in [0.2, 0.25) is 0 Å². The molecule has 0 aliphatic carbocycles. The summed E-state index contributed by atoms with van der Waals surface area (Å²) in [7, 11) is 0. The lowest BCUT2D eigenvalue weighted by Gasteiger charge is -2.40. The predicted octanol–water partition coefficient (Wildman–Crippen LogP) is 3.01. The maximum absolute atomic E-state index is 13.2. The number of nitriles is 1. The summed E-state index contributed by atoms with van der Waals surface area (Å²) < 4.78 is 13.7. The standard InChI is InChI=1S/C15H19BrFN3/c1-15(2,11-18)20-7-5-19(6-8-20)10-12-3-4-14(17)13(16)9-12/h3-4,9H,5-8,10H2,1-2H3. The van der Waals surface area contributed by atoms with E-state index in [0.717, 1.165) is 38.3 Å². The van der Waals surface area contributed by atoms with E-state index in [2.05, 4.69) is 31.8 Å². The first-order chi connectivity index (χ1) is 9.42. The number of nitrogens with zero attached hydrogens (tertiary/aromatic N) is 3. The van der Waals surface area contributed by atoms with Crippen molar-refractivity contribution >= 4 is 15.9 Å². The summed E-state index contributed by atoms with van der Waals surface area (Å²) in [6.07, 6.45) is 0. The third-order valence-electron chi connectivity index (χ3n) is 3.83. The van der Waals surface area contributed by atoms with Gasteiger partial charge in [0, 0.05) is 32.7 Å². The Bertz CT molecular complexity index is 516. The van der Waals surface area contributed by atoms with E-state index in [1.807, 2.05) is 26.0 Å². The SMILES string of the molecule is CC(C)(C#N)N1CCN(Cc2ccc(F)c(Br)c2)CC1. The fourth-order valence-corrected chi connectivity index (χ4v) is 2.86. The lowest BCUT2D eigenvalue weighted by molar-refractivity contribution is 0.0764. The van der Waals surface area contributed by atoms with Crippen LogP contribution in [0.4, 0.5) is 4.39 Å². The van der Waals surface area contributed by atoms with Crippen LogP contribution in [0.1, 0.15) is 19.4 Å². The van der Waals surface area contributed by atoms with Crippen molar-refractivity contribution in [2.75, 3.05) is 26.2 Å². The van der Waals surface area contributed by atoms with Crippen LogP contribution in [-0.2, 0) is 6.54 Å². The van der Waals surface area contributed by atoms with Crippen molar-refractivity contribution in [2.24, 2.45) is 0 Å². The van der Waals surface area contributed by atoms with E-state index in [-0.39, 0.29) is 5.82 Å². The average molecular weight is 340 g/mol. The molecule has 0 atom stereocenters. The number of halogens is 2. The van der Waals surface area contributed by atoms with Crippen LogP contribution in [0.5, 0.6) is 0 Å². The molecule has 0 bridgehead atoms. The lowest BCUT2D eigenvalue weighted by atomic mass is 10.0. The van der Waals surface area contributed by atoms with Crippen LogP contribution in [0.25, 0.3) is 0 Å². The summed E-state index contributed by atoms with van der Waals surface area (Å²) in [5, 5.41) is 9.16. The Balaban J connectivity index is 1.92. The second-order valence-corrected chi connectivity index (χ2v) is 6.54. The van der Waals surface area contributed by atoms with Crippen LogP contribution in [0, 0.1) is 17.1 Å². The Morgan fingerprint density at radius 3 is 2.50 bits per heavy atom. The summed E-state index contributed by atoms with van der Waals surface area (Å²) in [6, 6.07) is 7.50. The van der Waals surface area contributed by atoms with Gasteiger partial charge in [0.15, 0.2) is 0 Å². The maximum Gasteiger partial charge on any atom is 0.137 e. The molecule has 0 aromatic heterocycles. The molecule has 5 heteroatoms. The zero-order valence-electron chi connectivity index (χ0n) is 11.9. The van der Waals surface area contributed by atoms with E-state index in [1.165, 1.54) is 6.07 Å². The molecule has 1 aliphatic heterocycles. The number of piperazine rings is 1. The molecule has 0 spiro atoms. The first-order valence-electron chi connectivity index (χ1n) is 6.75. The molecule has 0 unspecified atom stereocenters. The van der Waals surface area contributed by atoms with Crippen molar-refractivity contribution < 1.29 is 4.39 Å². The van der Waals surface area contributed by atoms with Crippen LogP contribution in [0.2, 0.25) is 0 Å². The number of hydrogen-bond donors (Lipinski definition) is 0. The minimum atomic E-state index is -0.398. The molecule has 1 aromatic rings. The highest BCUT2D eigenvalue weighted by atomic mass is 79.9. The summed E-state index contributed by atoms with van der Waals surface area (Å²) in [5.74, 6) is -0.227. The molecule has 1 saturated heterocycles. The molecule has 0 N–H and O–H groups in total. The van der Waals surface area contributed by atoms with Gasteiger partial charge in [0.05, 0.1) is 10.5 Å². The highest BCUT2D eigenvalue weighted by molar-refractivity contribution is 9.10. The summed E-state index contributed by atoms with van der Waals surface area (Å²) in [4.78, 5) is 4.55. The summed E-state index contributed by atoms with van der Waals surface area (Å²) in [5.41, 5.74) is 0.705. The molecule has 108 valence electrons. The molecule has 20 heavy (non-hydrogen) atoms. The van der Waals surface area contributed by atoms with Crippen molar-refractivity contribution in [3.8, 4) is 6.07 Å². The Morgan fingerprint density at radius 2 is 1.95 bits per heavy atom. The molecule has 0 radical (unpaired) electrons. The van der Waals surface area contributed by atoms with Gasteiger partial charge in [-0.1, -0.05) is 6.07 Å². The topological polar surface area (TPSA) is 30.3 Å². The molecule has 1 aromatic carbocycles. The molecule has 1 heterocycles. The molecular formula is C15H19BrFN3. The lowest BCUT2D eigenvalue weighted by Crippen LogP contribution is -2.53. The Morgan fingerprint density at radius 1 is 1.30 bits per heavy atom. The summed E-state index contributed by atoms with van der Waals surface area (Å²) >= 11 is 3.22. The normalized spacial score (nSPS) is 17.9. The van der Waals surface area contributed by atoms with Crippen LogP contribution < -0.4 is 0 Å². The first-order valence-corrected chi connectivity index (χ1v) is 7.54. The molecule has 3 nitrogen and oxygen atoms in total. The van der Waals surface area contributed by atoms with Gasteiger partial charge in [-0.3, -0.25) is 9.80 Å². The van der Waals surface area contributed by atoms with E-state index in [9.17, 15) is 4.39 Å². The van der Waals surface area contributed by atoms with Crippen molar-refractivity contribution in [2.45, 2.75) is 25.9 Å². The zero-order valence-corrected chi connectivity index (χ0v) is 13.5. The fourth-order valence-electron chi connectivity index (χ4n) is 2.43. The van der Waals surface area contributed by atoms with Gasteiger partial charge in [0.25, 0.3) is 0 Å². The van der Waals surface area contributed by atoms with E-state index in [4.69, 9.17) is 5.26 Å². The summed E-state index contributed by atoms with van der Waals surface area (Å²) in [6.45, 7) is 8.38. The van der Waals surface area contributed by atoms with Crippen molar-refractivity contribution in [1.82, 2.24) is 9.80 Å². The van der Waals surface area contributed by atoms with E-state index in [1.54, 1.807) is 0 Å². The van der Waals surface area contributed by atoms with Gasteiger partial charge >= 0.3 is 0 Å². The number of rotatable bonds is 3. The van der Waals surface area contributed by atoms with Crippen LogP contribution in [-0.4, -0.2) is 41.5 Å².